The Kier molecular flexibility index (Phi) is 6.29. The van der Waals surface area contributed by atoms with Crippen molar-refractivity contribution in [1.82, 2.24) is 5.32 Å². The fourth-order valence-electron chi connectivity index (χ4n) is 2.60. The van der Waals surface area contributed by atoms with E-state index in [1.165, 1.54) is 6.07 Å². The zero-order valence-electron chi connectivity index (χ0n) is 14.9. The van der Waals surface area contributed by atoms with Gasteiger partial charge in [-0.3, -0.25) is 4.79 Å². The highest BCUT2D eigenvalue weighted by atomic mass is 35.5. The van der Waals surface area contributed by atoms with Crippen LogP contribution in [0.4, 0.5) is 5.69 Å². The van der Waals surface area contributed by atoms with Gasteiger partial charge in [-0.1, -0.05) is 29.8 Å². The number of carboxylic acids is 1. The Bertz CT molecular complexity index is 855. The lowest BCUT2D eigenvalue weighted by molar-refractivity contribution is -0.119. The standard InChI is InChI=1S/C20H21ClN2O3S/c1-13-17(21)6-3-7-18(13)23(27-16-8-9-16)12-19(24)22-11-14-4-2-5-15(10-14)20(25)26/h2-7,10,16H,8-9,11-12H2,1H3,(H,22,24)(H,25,26). The first kappa shape index (κ1) is 19.6. The first-order valence-corrected chi connectivity index (χ1v) is 9.94. The minimum absolute atomic E-state index is 0.122. The SMILES string of the molecule is Cc1c(Cl)cccc1N(CC(=O)NCc1cccc(C(=O)O)c1)SC1CC1. The van der Waals surface area contributed by atoms with Crippen LogP contribution in [0.1, 0.15) is 34.3 Å². The maximum atomic E-state index is 12.5. The second kappa shape index (κ2) is 8.67. The molecule has 5 nitrogen and oxygen atoms in total. The Hall–Kier alpha value is -2.18. The number of halogens is 1. The second-order valence-corrected chi connectivity index (χ2v) is 8.23. The third kappa shape index (κ3) is 5.40. The predicted octanol–water partition coefficient (Wildman–Crippen LogP) is 4.28. The Morgan fingerprint density at radius 1 is 1.26 bits per heavy atom. The molecule has 1 amide bonds. The lowest BCUT2D eigenvalue weighted by Gasteiger charge is -2.25. The monoisotopic (exact) mass is 404 g/mol. The van der Waals surface area contributed by atoms with Gasteiger partial charge in [0.1, 0.15) is 6.54 Å². The third-order valence-electron chi connectivity index (χ3n) is 4.26. The van der Waals surface area contributed by atoms with Crippen LogP contribution in [0, 0.1) is 6.92 Å². The number of carboxylic acid groups (broad SMARTS) is 1. The van der Waals surface area contributed by atoms with E-state index < -0.39 is 5.97 Å². The van der Waals surface area contributed by atoms with Crippen LogP contribution < -0.4 is 9.62 Å². The zero-order valence-corrected chi connectivity index (χ0v) is 16.5. The summed E-state index contributed by atoms with van der Waals surface area (Å²) < 4.78 is 2.00. The summed E-state index contributed by atoms with van der Waals surface area (Å²) >= 11 is 7.92. The van der Waals surface area contributed by atoms with E-state index in [0.717, 1.165) is 29.7 Å². The number of nitrogens with zero attached hydrogens (tertiary/aromatic N) is 1. The van der Waals surface area contributed by atoms with E-state index in [-0.39, 0.29) is 24.6 Å². The number of carbonyl (C=O) groups excluding carboxylic acids is 1. The molecule has 0 atom stereocenters. The molecule has 142 valence electrons. The molecule has 0 heterocycles. The molecular formula is C20H21ClN2O3S. The van der Waals surface area contributed by atoms with Crippen LogP contribution in [0.5, 0.6) is 0 Å². The molecule has 0 aromatic heterocycles. The van der Waals surface area contributed by atoms with Gasteiger partial charge in [0.2, 0.25) is 5.91 Å². The van der Waals surface area contributed by atoms with E-state index in [9.17, 15) is 9.59 Å². The van der Waals surface area contributed by atoms with Gasteiger partial charge < -0.3 is 14.7 Å². The predicted molar refractivity (Wildman–Crippen MR) is 109 cm³/mol. The smallest absolute Gasteiger partial charge is 0.335 e. The summed E-state index contributed by atoms with van der Waals surface area (Å²) in [6.07, 6.45) is 2.31. The Morgan fingerprint density at radius 3 is 2.70 bits per heavy atom. The van der Waals surface area contributed by atoms with Gasteiger partial charge in [0.15, 0.2) is 0 Å². The number of rotatable bonds is 8. The van der Waals surface area contributed by atoms with Gasteiger partial charge in [-0.25, -0.2) is 4.79 Å². The van der Waals surface area contributed by atoms with Crippen molar-refractivity contribution >= 4 is 41.1 Å². The van der Waals surface area contributed by atoms with Crippen LogP contribution in [-0.2, 0) is 11.3 Å². The molecule has 2 N–H and O–H groups in total. The number of hydrogen-bond acceptors (Lipinski definition) is 4. The highest BCUT2D eigenvalue weighted by Crippen LogP contribution is 2.40. The Balaban J connectivity index is 1.65. The maximum Gasteiger partial charge on any atom is 0.335 e. The molecule has 0 radical (unpaired) electrons. The van der Waals surface area contributed by atoms with Crippen molar-refractivity contribution in [2.24, 2.45) is 0 Å². The molecule has 0 saturated heterocycles. The molecule has 0 unspecified atom stereocenters. The molecule has 7 heteroatoms. The molecule has 1 aliphatic rings. The third-order valence-corrected chi connectivity index (χ3v) is 6.02. The Labute approximate surface area is 167 Å². The number of hydrogen-bond donors (Lipinski definition) is 2. The van der Waals surface area contributed by atoms with Crippen LogP contribution >= 0.6 is 23.5 Å². The lowest BCUT2D eigenvalue weighted by atomic mass is 10.1. The van der Waals surface area contributed by atoms with Crippen molar-refractivity contribution in [1.29, 1.82) is 0 Å². The van der Waals surface area contributed by atoms with Gasteiger partial charge in [0, 0.05) is 16.8 Å². The molecule has 0 spiro atoms. The number of anilines is 1. The summed E-state index contributed by atoms with van der Waals surface area (Å²) in [5.74, 6) is -1.10. The average Bonchev–Trinajstić information content (AvgIpc) is 3.46. The van der Waals surface area contributed by atoms with Crippen LogP contribution in [-0.4, -0.2) is 28.8 Å². The number of aromatic carboxylic acids is 1. The molecule has 2 aromatic carbocycles. The highest BCUT2D eigenvalue weighted by molar-refractivity contribution is 8.01. The van der Waals surface area contributed by atoms with Crippen LogP contribution in [0.15, 0.2) is 42.5 Å². The molecule has 27 heavy (non-hydrogen) atoms. The largest absolute Gasteiger partial charge is 0.478 e. The fraction of sp³-hybridized carbons (Fsp3) is 0.300. The van der Waals surface area contributed by atoms with E-state index >= 15 is 0 Å². The first-order chi connectivity index (χ1) is 12.9. The van der Waals surface area contributed by atoms with E-state index in [1.54, 1.807) is 30.1 Å². The second-order valence-electron chi connectivity index (χ2n) is 6.51. The van der Waals surface area contributed by atoms with Crippen LogP contribution in [0.25, 0.3) is 0 Å². The zero-order chi connectivity index (χ0) is 19.4. The molecule has 0 aliphatic heterocycles. The quantitative estimate of drug-likeness (QED) is 0.642. The molecule has 1 fully saturated rings. The summed E-state index contributed by atoms with van der Waals surface area (Å²) in [6.45, 7) is 2.45. The van der Waals surface area contributed by atoms with Gasteiger partial charge >= 0.3 is 5.97 Å². The number of nitrogens with one attached hydrogen (secondary N) is 1. The molecule has 1 aliphatic carbocycles. The lowest BCUT2D eigenvalue weighted by Crippen LogP contribution is -2.34. The number of benzene rings is 2. The van der Waals surface area contributed by atoms with E-state index in [4.69, 9.17) is 16.7 Å². The Morgan fingerprint density at radius 2 is 2.00 bits per heavy atom. The van der Waals surface area contributed by atoms with Crippen molar-refractivity contribution in [2.75, 3.05) is 10.8 Å². The van der Waals surface area contributed by atoms with Crippen LogP contribution in [0.3, 0.4) is 0 Å². The number of amides is 1. The minimum atomic E-state index is -0.980. The summed E-state index contributed by atoms with van der Waals surface area (Å²) in [6, 6.07) is 12.3. The summed E-state index contributed by atoms with van der Waals surface area (Å²) in [5.41, 5.74) is 2.86. The normalized spacial score (nSPS) is 13.3. The summed E-state index contributed by atoms with van der Waals surface area (Å²) in [4.78, 5) is 23.6. The highest BCUT2D eigenvalue weighted by Gasteiger charge is 2.27. The molecule has 1 saturated carbocycles. The molecule has 2 aromatic rings. The molecule has 0 bridgehead atoms. The minimum Gasteiger partial charge on any atom is -0.478 e. The van der Waals surface area contributed by atoms with Crippen molar-refractivity contribution in [3.63, 3.8) is 0 Å². The van der Waals surface area contributed by atoms with Gasteiger partial charge in [0.05, 0.1) is 11.3 Å². The number of carbonyl (C=O) groups is 2. The first-order valence-electron chi connectivity index (χ1n) is 8.72. The van der Waals surface area contributed by atoms with Gasteiger partial charge in [-0.2, -0.15) is 0 Å². The van der Waals surface area contributed by atoms with Gasteiger partial charge in [0.25, 0.3) is 0 Å². The average molecular weight is 405 g/mol. The van der Waals surface area contributed by atoms with Crippen molar-refractivity contribution < 1.29 is 14.7 Å². The molecule has 3 rings (SSSR count). The van der Waals surface area contributed by atoms with E-state index in [2.05, 4.69) is 5.32 Å². The van der Waals surface area contributed by atoms with E-state index in [1.807, 2.05) is 29.4 Å². The van der Waals surface area contributed by atoms with Gasteiger partial charge in [-0.05, 0) is 67.1 Å². The van der Waals surface area contributed by atoms with Crippen molar-refractivity contribution in [2.45, 2.75) is 31.6 Å². The van der Waals surface area contributed by atoms with E-state index in [0.29, 0.717) is 10.3 Å². The summed E-state index contributed by atoms with van der Waals surface area (Å²) in [5, 5.41) is 13.2. The maximum absolute atomic E-state index is 12.5. The van der Waals surface area contributed by atoms with Crippen LogP contribution in [0.2, 0.25) is 5.02 Å². The van der Waals surface area contributed by atoms with Crippen molar-refractivity contribution in [3.8, 4) is 0 Å². The molecular weight excluding hydrogens is 384 g/mol. The topological polar surface area (TPSA) is 69.6 Å². The summed E-state index contributed by atoms with van der Waals surface area (Å²) in [7, 11) is 0. The van der Waals surface area contributed by atoms with Gasteiger partial charge in [-0.15, -0.1) is 0 Å². The fourth-order valence-corrected chi connectivity index (χ4v) is 3.98. The van der Waals surface area contributed by atoms with Crippen molar-refractivity contribution in [3.05, 3.63) is 64.2 Å².